The number of unbranched alkanes of at least 4 members (excludes halogenated alkanes) is 20. The molecule has 0 bridgehead atoms. The van der Waals surface area contributed by atoms with E-state index < -0.39 is 43.4 Å². The Hall–Kier alpha value is -1.59. The maximum atomic E-state index is 12.7. The van der Waals surface area contributed by atoms with Crippen LogP contribution in [0.2, 0.25) is 0 Å². The summed E-state index contributed by atoms with van der Waals surface area (Å²) in [6, 6.07) is 0. The van der Waals surface area contributed by atoms with E-state index >= 15 is 0 Å². The van der Waals surface area contributed by atoms with Gasteiger partial charge in [-0.1, -0.05) is 159 Å². The molecule has 6 unspecified atom stereocenters. The van der Waals surface area contributed by atoms with E-state index in [4.69, 9.17) is 18.9 Å². The third-order valence-electron chi connectivity index (χ3n) is 10.1. The van der Waals surface area contributed by atoms with E-state index in [0.717, 1.165) is 51.4 Å². The summed E-state index contributed by atoms with van der Waals surface area (Å²) in [5.41, 5.74) is 0. The zero-order valence-corrected chi connectivity index (χ0v) is 34.5. The molecule has 1 aliphatic rings. The zero-order chi connectivity index (χ0) is 39.3. The Morgan fingerprint density at radius 3 is 1.61 bits per heavy atom. The van der Waals surface area contributed by atoms with Crippen molar-refractivity contribution < 1.29 is 44.2 Å². The Morgan fingerprint density at radius 2 is 1.07 bits per heavy atom. The number of rotatable bonds is 37. The van der Waals surface area contributed by atoms with E-state index in [1.54, 1.807) is 0 Å². The van der Waals surface area contributed by atoms with Crippen LogP contribution in [0.4, 0.5) is 0 Å². The number of esters is 1. The molecule has 0 aromatic heterocycles. The van der Waals surface area contributed by atoms with Gasteiger partial charge < -0.3 is 39.4 Å². The molecule has 9 nitrogen and oxygen atoms in total. The highest BCUT2D eigenvalue weighted by atomic mass is 16.7. The van der Waals surface area contributed by atoms with E-state index in [1.165, 1.54) is 109 Å². The van der Waals surface area contributed by atoms with Gasteiger partial charge in [-0.3, -0.25) is 4.79 Å². The normalized spacial score (nSPS) is 21.2. The summed E-state index contributed by atoms with van der Waals surface area (Å²) >= 11 is 0. The van der Waals surface area contributed by atoms with Crippen LogP contribution in [0.1, 0.15) is 181 Å². The van der Waals surface area contributed by atoms with E-state index in [-0.39, 0.29) is 19.2 Å². The fourth-order valence-electron chi connectivity index (χ4n) is 6.56. The first-order valence-electron chi connectivity index (χ1n) is 22.1. The summed E-state index contributed by atoms with van der Waals surface area (Å²) in [4.78, 5) is 12.7. The van der Waals surface area contributed by atoms with Crippen molar-refractivity contribution in [2.75, 3.05) is 26.4 Å². The van der Waals surface area contributed by atoms with Gasteiger partial charge in [0.2, 0.25) is 0 Å². The Labute approximate surface area is 330 Å². The van der Waals surface area contributed by atoms with Gasteiger partial charge in [0.15, 0.2) is 6.29 Å². The quantitative estimate of drug-likeness (QED) is 0.0277. The van der Waals surface area contributed by atoms with Crippen molar-refractivity contribution in [2.24, 2.45) is 0 Å². The Bertz CT molecular complexity index is 921. The molecule has 0 aliphatic carbocycles. The number of carbonyl (C=O) groups excluding carboxylic acids is 1. The largest absolute Gasteiger partial charge is 0.457 e. The van der Waals surface area contributed by atoms with E-state index in [9.17, 15) is 25.2 Å². The van der Waals surface area contributed by atoms with Crippen LogP contribution < -0.4 is 0 Å². The second-order valence-electron chi connectivity index (χ2n) is 15.1. The predicted molar refractivity (Wildman–Crippen MR) is 219 cm³/mol. The van der Waals surface area contributed by atoms with E-state index in [0.29, 0.717) is 13.0 Å². The topological polar surface area (TPSA) is 135 Å². The summed E-state index contributed by atoms with van der Waals surface area (Å²) in [5.74, 6) is -0.322. The molecule has 0 saturated carbocycles. The second-order valence-corrected chi connectivity index (χ2v) is 15.1. The number of hydrogen-bond donors (Lipinski definition) is 4. The molecule has 0 aromatic rings. The summed E-state index contributed by atoms with van der Waals surface area (Å²) in [5, 5.41) is 40.0. The van der Waals surface area contributed by atoms with Gasteiger partial charge in [-0.15, -0.1) is 0 Å². The molecule has 0 radical (unpaired) electrons. The summed E-state index contributed by atoms with van der Waals surface area (Å²) < 4.78 is 22.7. The maximum Gasteiger partial charge on any atom is 0.306 e. The lowest BCUT2D eigenvalue weighted by Crippen LogP contribution is -2.59. The monoisotopic (exact) mass is 767 g/mol. The van der Waals surface area contributed by atoms with Crippen LogP contribution in [-0.2, 0) is 23.7 Å². The Kier molecular flexibility index (Phi) is 34.6. The van der Waals surface area contributed by atoms with Crippen LogP contribution in [-0.4, -0.2) is 89.6 Å². The summed E-state index contributed by atoms with van der Waals surface area (Å²) in [7, 11) is 0. The van der Waals surface area contributed by atoms with Crippen molar-refractivity contribution in [3.8, 4) is 0 Å². The van der Waals surface area contributed by atoms with Crippen LogP contribution >= 0.6 is 0 Å². The molecular formula is C45H82O9. The lowest BCUT2D eigenvalue weighted by atomic mass is 9.99. The minimum absolute atomic E-state index is 0.115. The molecule has 316 valence electrons. The minimum atomic E-state index is -1.53. The third-order valence-corrected chi connectivity index (χ3v) is 10.1. The van der Waals surface area contributed by atoms with Gasteiger partial charge in [0, 0.05) is 13.0 Å². The average Bonchev–Trinajstić information content (AvgIpc) is 3.17. The highest BCUT2D eigenvalue weighted by molar-refractivity contribution is 5.69. The van der Waals surface area contributed by atoms with E-state index in [1.807, 2.05) is 0 Å². The van der Waals surface area contributed by atoms with Crippen molar-refractivity contribution in [1.29, 1.82) is 0 Å². The van der Waals surface area contributed by atoms with Crippen LogP contribution in [0.15, 0.2) is 36.5 Å². The highest BCUT2D eigenvalue weighted by Gasteiger charge is 2.44. The fourth-order valence-corrected chi connectivity index (χ4v) is 6.56. The van der Waals surface area contributed by atoms with Gasteiger partial charge in [-0.2, -0.15) is 0 Å². The molecule has 4 N–H and O–H groups in total. The van der Waals surface area contributed by atoms with Crippen molar-refractivity contribution in [2.45, 2.75) is 218 Å². The third kappa shape index (κ3) is 27.9. The number of carbonyl (C=O) groups is 1. The summed E-state index contributed by atoms with van der Waals surface area (Å²) in [6.45, 7) is 4.51. The predicted octanol–water partition coefficient (Wildman–Crippen LogP) is 9.58. The first-order chi connectivity index (χ1) is 26.4. The highest BCUT2D eigenvalue weighted by Crippen LogP contribution is 2.22. The van der Waals surface area contributed by atoms with Crippen LogP contribution in [0.5, 0.6) is 0 Å². The molecule has 1 aliphatic heterocycles. The van der Waals surface area contributed by atoms with Crippen LogP contribution in [0.3, 0.4) is 0 Å². The lowest BCUT2D eigenvalue weighted by molar-refractivity contribution is -0.305. The second kappa shape index (κ2) is 37.0. The summed E-state index contributed by atoms with van der Waals surface area (Å²) in [6.07, 6.45) is 36.1. The van der Waals surface area contributed by atoms with Crippen molar-refractivity contribution >= 4 is 5.97 Å². The number of allylic oxidation sites excluding steroid dienone is 6. The molecule has 1 fully saturated rings. The maximum absolute atomic E-state index is 12.7. The molecule has 1 heterocycles. The number of ether oxygens (including phenoxy) is 4. The molecular weight excluding hydrogens is 684 g/mol. The molecule has 0 amide bonds. The fraction of sp³-hybridized carbons (Fsp3) is 0.844. The van der Waals surface area contributed by atoms with Gasteiger partial charge in [0.25, 0.3) is 0 Å². The van der Waals surface area contributed by atoms with Gasteiger partial charge in [-0.05, 0) is 51.4 Å². The van der Waals surface area contributed by atoms with E-state index in [2.05, 4.69) is 50.3 Å². The SMILES string of the molecule is CCCCCCC/C=C\C/C=C\C/C=C\CCCCCCCCCCC(=O)OC(COCCCCCCCCCC)COC1OC(CO)C(O)C(O)C1O. The van der Waals surface area contributed by atoms with Crippen LogP contribution in [0, 0.1) is 0 Å². The number of aliphatic hydroxyl groups is 4. The van der Waals surface area contributed by atoms with Gasteiger partial charge in [-0.25, -0.2) is 0 Å². The molecule has 6 atom stereocenters. The molecule has 0 aromatic carbocycles. The number of aliphatic hydroxyl groups excluding tert-OH is 4. The smallest absolute Gasteiger partial charge is 0.306 e. The first kappa shape index (κ1) is 50.4. The van der Waals surface area contributed by atoms with Crippen molar-refractivity contribution in [1.82, 2.24) is 0 Å². The molecule has 1 rings (SSSR count). The lowest BCUT2D eigenvalue weighted by Gasteiger charge is -2.39. The van der Waals surface area contributed by atoms with Gasteiger partial charge in [0.05, 0.1) is 19.8 Å². The van der Waals surface area contributed by atoms with Crippen molar-refractivity contribution in [3.05, 3.63) is 36.5 Å². The number of hydrogen-bond acceptors (Lipinski definition) is 9. The Balaban J connectivity index is 2.20. The molecule has 0 spiro atoms. The minimum Gasteiger partial charge on any atom is -0.457 e. The average molecular weight is 767 g/mol. The van der Waals surface area contributed by atoms with Crippen LogP contribution in [0.25, 0.3) is 0 Å². The molecule has 54 heavy (non-hydrogen) atoms. The van der Waals surface area contributed by atoms with Gasteiger partial charge >= 0.3 is 5.97 Å². The Morgan fingerprint density at radius 1 is 0.593 bits per heavy atom. The molecule has 1 saturated heterocycles. The molecule has 9 heteroatoms. The van der Waals surface area contributed by atoms with Gasteiger partial charge in [0.1, 0.15) is 30.5 Å². The first-order valence-corrected chi connectivity index (χ1v) is 22.1. The standard InChI is InChI=1S/C45H82O9/c1-3-5-7-9-11-13-14-15-16-17-18-19-20-21-22-23-24-25-26-27-28-30-32-34-41(47)53-39(37-51-35-33-31-29-12-10-8-6-4-2)38-52-45-44(50)43(49)42(48)40(36-46)54-45/h14-15,17-18,20-21,39-40,42-46,48-50H,3-13,16,19,22-38H2,1-2H3/b15-14-,18-17-,21-20-. The van der Waals surface area contributed by atoms with Crippen molar-refractivity contribution in [3.63, 3.8) is 0 Å². The zero-order valence-electron chi connectivity index (χ0n) is 34.5.